The molecule has 0 spiro atoms. The molecule has 118 valence electrons. The first-order valence-corrected chi connectivity index (χ1v) is 8.20. The van der Waals surface area contributed by atoms with Crippen LogP contribution in [0.2, 0.25) is 0 Å². The molecule has 6 heteroatoms. The van der Waals surface area contributed by atoms with E-state index in [0.29, 0.717) is 6.79 Å². The summed E-state index contributed by atoms with van der Waals surface area (Å²) in [6.07, 6.45) is 1.86. The number of nitrogens with one attached hydrogen (secondary N) is 1. The van der Waals surface area contributed by atoms with Crippen LogP contribution < -0.4 is 14.8 Å². The van der Waals surface area contributed by atoms with Crippen molar-refractivity contribution < 1.29 is 13.9 Å². The van der Waals surface area contributed by atoms with E-state index in [1.165, 1.54) is 0 Å². The lowest BCUT2D eigenvalue weighted by molar-refractivity contribution is 0.174. The molecule has 0 fully saturated rings. The van der Waals surface area contributed by atoms with Gasteiger partial charge < -0.3 is 19.2 Å². The Labute approximate surface area is 137 Å². The van der Waals surface area contributed by atoms with Gasteiger partial charge >= 0.3 is 0 Å². The Morgan fingerprint density at radius 3 is 2.91 bits per heavy atom. The van der Waals surface area contributed by atoms with E-state index in [4.69, 9.17) is 13.9 Å². The minimum absolute atomic E-state index is 0.306. The van der Waals surface area contributed by atoms with Gasteiger partial charge in [-0.3, -0.25) is 0 Å². The Hall–Kier alpha value is -2.31. The van der Waals surface area contributed by atoms with Crippen LogP contribution in [0.1, 0.15) is 16.3 Å². The van der Waals surface area contributed by atoms with Crippen LogP contribution in [0.15, 0.2) is 40.9 Å². The predicted molar refractivity (Wildman–Crippen MR) is 87.7 cm³/mol. The minimum Gasteiger partial charge on any atom is -0.460 e. The molecule has 0 aliphatic carbocycles. The highest BCUT2D eigenvalue weighted by Crippen LogP contribution is 2.32. The normalized spacial score (nSPS) is 12.7. The van der Waals surface area contributed by atoms with Crippen LogP contribution in [-0.2, 0) is 13.1 Å². The first-order chi connectivity index (χ1) is 11.3. The van der Waals surface area contributed by atoms with Gasteiger partial charge in [-0.15, -0.1) is 11.3 Å². The standard InChI is InChI=1S/C17H16N2O3S/c1-11-2-4-14(22-11)16-8-19-17(23-16)9-18-7-12-3-5-13-15(6-12)21-10-20-13/h2-6,8,18H,7,9-10H2,1H3. The Bertz CT molecular complexity index is 825. The lowest BCUT2D eigenvalue weighted by atomic mass is 10.2. The summed E-state index contributed by atoms with van der Waals surface area (Å²) in [7, 11) is 0. The number of hydrogen-bond donors (Lipinski definition) is 1. The molecule has 1 N–H and O–H groups in total. The molecule has 1 aliphatic rings. The van der Waals surface area contributed by atoms with Crippen LogP contribution in [0, 0.1) is 6.92 Å². The SMILES string of the molecule is Cc1ccc(-c2cnc(CNCc3ccc4c(c3)OCO4)s2)o1. The molecule has 0 unspecified atom stereocenters. The third-order valence-electron chi connectivity index (χ3n) is 3.58. The molecule has 23 heavy (non-hydrogen) atoms. The fraction of sp³-hybridized carbons (Fsp3) is 0.235. The fourth-order valence-corrected chi connectivity index (χ4v) is 3.29. The maximum atomic E-state index is 5.62. The highest BCUT2D eigenvalue weighted by Gasteiger charge is 2.13. The minimum atomic E-state index is 0.306. The Morgan fingerprint density at radius 2 is 2.04 bits per heavy atom. The van der Waals surface area contributed by atoms with Crippen molar-refractivity contribution in [3.63, 3.8) is 0 Å². The Balaban J connectivity index is 1.35. The second-order valence-corrected chi connectivity index (χ2v) is 6.43. The molecule has 3 heterocycles. The summed E-state index contributed by atoms with van der Waals surface area (Å²) in [5, 5.41) is 4.44. The van der Waals surface area contributed by atoms with E-state index < -0.39 is 0 Å². The van der Waals surface area contributed by atoms with Gasteiger partial charge in [0.15, 0.2) is 11.5 Å². The number of hydrogen-bond acceptors (Lipinski definition) is 6. The number of aryl methyl sites for hydroxylation is 1. The average molecular weight is 328 g/mol. The van der Waals surface area contributed by atoms with Crippen molar-refractivity contribution in [3.05, 3.63) is 52.9 Å². The van der Waals surface area contributed by atoms with Gasteiger partial charge in [0.25, 0.3) is 0 Å². The molecular weight excluding hydrogens is 312 g/mol. The van der Waals surface area contributed by atoms with Crippen molar-refractivity contribution in [2.75, 3.05) is 6.79 Å². The zero-order chi connectivity index (χ0) is 15.6. The molecular formula is C17H16N2O3S. The number of ether oxygens (including phenoxy) is 2. The Morgan fingerprint density at radius 1 is 1.13 bits per heavy atom. The summed E-state index contributed by atoms with van der Waals surface area (Å²) < 4.78 is 16.3. The van der Waals surface area contributed by atoms with Gasteiger partial charge in [0.1, 0.15) is 16.5 Å². The fourth-order valence-electron chi connectivity index (χ4n) is 2.44. The lowest BCUT2D eigenvalue weighted by Gasteiger charge is -2.04. The van der Waals surface area contributed by atoms with Crippen molar-refractivity contribution in [3.8, 4) is 22.1 Å². The summed E-state index contributed by atoms with van der Waals surface area (Å²) in [6.45, 7) is 3.73. The van der Waals surface area contributed by atoms with Crippen molar-refractivity contribution in [1.82, 2.24) is 10.3 Å². The van der Waals surface area contributed by atoms with Gasteiger partial charge in [-0.25, -0.2) is 4.98 Å². The van der Waals surface area contributed by atoms with E-state index in [0.717, 1.165) is 51.6 Å². The smallest absolute Gasteiger partial charge is 0.231 e. The van der Waals surface area contributed by atoms with Crippen molar-refractivity contribution in [2.45, 2.75) is 20.0 Å². The number of rotatable bonds is 5. The zero-order valence-corrected chi connectivity index (χ0v) is 13.5. The predicted octanol–water partition coefficient (Wildman–Crippen LogP) is 3.73. The van der Waals surface area contributed by atoms with Gasteiger partial charge in [-0.05, 0) is 36.8 Å². The summed E-state index contributed by atoms with van der Waals surface area (Å²) in [6, 6.07) is 9.94. The number of nitrogens with zero attached hydrogens (tertiary/aromatic N) is 1. The van der Waals surface area contributed by atoms with Crippen LogP contribution in [0.5, 0.6) is 11.5 Å². The molecule has 5 nitrogen and oxygen atoms in total. The van der Waals surface area contributed by atoms with Crippen molar-refractivity contribution in [2.24, 2.45) is 0 Å². The molecule has 2 aromatic heterocycles. The second kappa shape index (κ2) is 6.06. The molecule has 0 amide bonds. The van der Waals surface area contributed by atoms with Crippen LogP contribution in [0.4, 0.5) is 0 Å². The molecule has 3 aromatic rings. The van der Waals surface area contributed by atoms with Crippen LogP contribution in [0.25, 0.3) is 10.6 Å². The number of furan rings is 1. The largest absolute Gasteiger partial charge is 0.460 e. The summed E-state index contributed by atoms with van der Waals surface area (Å²) >= 11 is 1.64. The first-order valence-electron chi connectivity index (χ1n) is 7.39. The van der Waals surface area contributed by atoms with Crippen molar-refractivity contribution >= 4 is 11.3 Å². The highest BCUT2D eigenvalue weighted by atomic mass is 32.1. The van der Waals surface area contributed by atoms with Gasteiger partial charge in [0.2, 0.25) is 6.79 Å². The molecule has 4 rings (SSSR count). The summed E-state index contributed by atoms with van der Waals surface area (Å²) in [5.41, 5.74) is 1.16. The van der Waals surface area contributed by atoms with Crippen LogP contribution in [0.3, 0.4) is 0 Å². The molecule has 0 atom stereocenters. The summed E-state index contributed by atoms with van der Waals surface area (Å²) in [4.78, 5) is 5.50. The van der Waals surface area contributed by atoms with Gasteiger partial charge in [0.05, 0.1) is 4.88 Å². The van der Waals surface area contributed by atoms with E-state index in [9.17, 15) is 0 Å². The van der Waals surface area contributed by atoms with Gasteiger partial charge in [-0.2, -0.15) is 0 Å². The van der Waals surface area contributed by atoms with E-state index in [-0.39, 0.29) is 0 Å². The first kappa shape index (κ1) is 14.3. The van der Waals surface area contributed by atoms with E-state index in [1.54, 1.807) is 11.3 Å². The van der Waals surface area contributed by atoms with E-state index >= 15 is 0 Å². The number of benzene rings is 1. The maximum Gasteiger partial charge on any atom is 0.231 e. The number of fused-ring (bicyclic) bond motifs is 1. The highest BCUT2D eigenvalue weighted by molar-refractivity contribution is 7.15. The third-order valence-corrected chi connectivity index (χ3v) is 4.59. The van der Waals surface area contributed by atoms with Gasteiger partial charge in [0, 0.05) is 19.3 Å². The van der Waals surface area contributed by atoms with Crippen LogP contribution in [-0.4, -0.2) is 11.8 Å². The average Bonchev–Trinajstić information content (AvgIpc) is 3.26. The zero-order valence-electron chi connectivity index (χ0n) is 12.7. The number of aromatic nitrogens is 1. The topological polar surface area (TPSA) is 56.5 Å². The summed E-state index contributed by atoms with van der Waals surface area (Å²) in [5.74, 6) is 3.42. The lowest BCUT2D eigenvalue weighted by Crippen LogP contribution is -2.12. The molecule has 0 radical (unpaired) electrons. The molecule has 0 saturated carbocycles. The quantitative estimate of drug-likeness (QED) is 0.773. The van der Waals surface area contributed by atoms with Gasteiger partial charge in [-0.1, -0.05) is 6.07 Å². The molecule has 1 aliphatic heterocycles. The molecule has 1 aromatic carbocycles. The van der Waals surface area contributed by atoms with E-state index in [1.807, 2.05) is 43.5 Å². The molecule has 0 saturated heterocycles. The maximum absolute atomic E-state index is 5.62. The van der Waals surface area contributed by atoms with E-state index in [2.05, 4.69) is 10.3 Å². The Kier molecular flexibility index (Phi) is 3.77. The number of thiazole rings is 1. The molecule has 0 bridgehead atoms. The van der Waals surface area contributed by atoms with Crippen LogP contribution >= 0.6 is 11.3 Å². The monoisotopic (exact) mass is 328 g/mol. The van der Waals surface area contributed by atoms with Crippen molar-refractivity contribution in [1.29, 1.82) is 0 Å². The third kappa shape index (κ3) is 3.09. The second-order valence-electron chi connectivity index (χ2n) is 5.32.